The molecule has 0 fully saturated rings. The molecule has 1 aromatic carbocycles. The second-order valence-electron chi connectivity index (χ2n) is 3.78. The molecule has 0 bridgehead atoms. The summed E-state index contributed by atoms with van der Waals surface area (Å²) in [4.78, 5) is 0. The van der Waals surface area contributed by atoms with E-state index < -0.39 is 0 Å². The van der Waals surface area contributed by atoms with Crippen LogP contribution in [0.2, 0.25) is 0 Å². The van der Waals surface area contributed by atoms with Crippen molar-refractivity contribution in [3.8, 4) is 0 Å². The molecule has 3 aromatic rings. The number of fused-ring (bicyclic) bond motifs is 1. The van der Waals surface area contributed by atoms with Crippen molar-refractivity contribution in [3.05, 3.63) is 59.1 Å². The molecule has 0 N–H and O–H groups in total. The van der Waals surface area contributed by atoms with Gasteiger partial charge in [0, 0.05) is 27.1 Å². The Morgan fingerprint density at radius 1 is 1.19 bits per heavy atom. The van der Waals surface area contributed by atoms with Crippen LogP contribution in [0.25, 0.3) is 10.9 Å². The first-order chi connectivity index (χ1) is 7.83. The summed E-state index contributed by atoms with van der Waals surface area (Å²) in [5.74, 6) is 0. The summed E-state index contributed by atoms with van der Waals surface area (Å²) in [5.41, 5.74) is 2.42. The maximum Gasteiger partial charge on any atom is 0.0952 e. The van der Waals surface area contributed by atoms with Gasteiger partial charge >= 0.3 is 0 Å². The lowest BCUT2D eigenvalue weighted by molar-refractivity contribution is 0.562. The van der Waals surface area contributed by atoms with Crippen LogP contribution >= 0.6 is 15.9 Å². The predicted octanol–water partition coefficient (Wildman–Crippen LogP) is 4.05. The zero-order chi connectivity index (χ0) is 11.0. The Hall–Kier alpha value is -1.48. The Bertz CT molecular complexity index is 610. The van der Waals surface area contributed by atoms with E-state index in [0.29, 0.717) is 0 Å². The van der Waals surface area contributed by atoms with Crippen molar-refractivity contribution in [2.75, 3.05) is 0 Å². The van der Waals surface area contributed by atoms with Crippen LogP contribution in [0.15, 0.2) is 57.9 Å². The van der Waals surface area contributed by atoms with E-state index in [2.05, 4.69) is 51.0 Å². The molecule has 0 amide bonds. The Kier molecular flexibility index (Phi) is 2.33. The van der Waals surface area contributed by atoms with Gasteiger partial charge in [0.15, 0.2) is 0 Å². The van der Waals surface area contributed by atoms with Crippen molar-refractivity contribution < 1.29 is 4.42 Å². The smallest absolute Gasteiger partial charge is 0.0952 e. The molecule has 0 aliphatic rings. The molecule has 2 heterocycles. The Balaban J connectivity index is 2.04. The maximum absolute atomic E-state index is 5.07. The lowest BCUT2D eigenvalue weighted by atomic mass is 10.2. The molecule has 0 spiro atoms. The van der Waals surface area contributed by atoms with Crippen LogP contribution in [-0.2, 0) is 6.54 Å². The second-order valence-corrected chi connectivity index (χ2v) is 4.69. The summed E-state index contributed by atoms with van der Waals surface area (Å²) in [6, 6.07) is 10.4. The summed E-state index contributed by atoms with van der Waals surface area (Å²) in [5, 5.41) is 1.25. The average molecular weight is 276 g/mol. The Morgan fingerprint density at radius 2 is 2.12 bits per heavy atom. The van der Waals surface area contributed by atoms with Gasteiger partial charge in [0.05, 0.1) is 19.1 Å². The number of halogens is 1. The van der Waals surface area contributed by atoms with Crippen LogP contribution in [-0.4, -0.2) is 4.57 Å². The van der Waals surface area contributed by atoms with Gasteiger partial charge in [-0.2, -0.15) is 0 Å². The SMILES string of the molecule is Brc1ccc2c(ccn2Cc2ccoc2)c1. The Morgan fingerprint density at radius 3 is 2.94 bits per heavy atom. The van der Waals surface area contributed by atoms with E-state index in [1.807, 2.05) is 6.07 Å². The van der Waals surface area contributed by atoms with Gasteiger partial charge in [-0.1, -0.05) is 15.9 Å². The first-order valence-corrected chi connectivity index (χ1v) is 5.88. The summed E-state index contributed by atoms with van der Waals surface area (Å²) in [6.45, 7) is 0.849. The summed E-state index contributed by atoms with van der Waals surface area (Å²) >= 11 is 3.48. The quantitative estimate of drug-likeness (QED) is 0.690. The fraction of sp³-hybridized carbons (Fsp3) is 0.0769. The molecule has 2 aromatic heterocycles. The van der Waals surface area contributed by atoms with Gasteiger partial charge in [-0.05, 0) is 30.3 Å². The summed E-state index contributed by atoms with van der Waals surface area (Å²) < 4.78 is 8.40. The molecular formula is C13H10BrNO. The molecule has 0 unspecified atom stereocenters. The molecule has 3 rings (SSSR count). The minimum atomic E-state index is 0.849. The molecule has 16 heavy (non-hydrogen) atoms. The zero-order valence-electron chi connectivity index (χ0n) is 8.56. The van der Waals surface area contributed by atoms with Gasteiger partial charge in [-0.15, -0.1) is 0 Å². The standard InChI is InChI=1S/C13H10BrNO/c14-12-1-2-13-11(7-12)3-5-15(13)8-10-4-6-16-9-10/h1-7,9H,8H2. The molecule has 0 radical (unpaired) electrons. The van der Waals surface area contributed by atoms with Gasteiger partial charge in [-0.3, -0.25) is 0 Å². The molecule has 0 saturated heterocycles. The van der Waals surface area contributed by atoms with E-state index in [4.69, 9.17) is 4.42 Å². The van der Waals surface area contributed by atoms with Crippen LogP contribution in [0.1, 0.15) is 5.56 Å². The topological polar surface area (TPSA) is 18.1 Å². The molecular weight excluding hydrogens is 266 g/mol. The summed E-state index contributed by atoms with van der Waals surface area (Å²) in [6.07, 6.45) is 5.59. The Labute approximate surface area is 102 Å². The van der Waals surface area contributed by atoms with Crippen molar-refractivity contribution in [1.29, 1.82) is 0 Å². The largest absolute Gasteiger partial charge is 0.472 e. The first-order valence-electron chi connectivity index (χ1n) is 5.08. The highest BCUT2D eigenvalue weighted by molar-refractivity contribution is 9.10. The predicted molar refractivity (Wildman–Crippen MR) is 67.4 cm³/mol. The molecule has 0 atom stereocenters. The number of furan rings is 1. The normalized spacial score (nSPS) is 11.1. The van der Waals surface area contributed by atoms with E-state index in [-0.39, 0.29) is 0 Å². The highest BCUT2D eigenvalue weighted by atomic mass is 79.9. The van der Waals surface area contributed by atoms with Crippen molar-refractivity contribution in [3.63, 3.8) is 0 Å². The lowest BCUT2D eigenvalue weighted by Crippen LogP contribution is -1.95. The fourth-order valence-electron chi connectivity index (χ4n) is 1.89. The third-order valence-corrected chi connectivity index (χ3v) is 3.16. The van der Waals surface area contributed by atoms with E-state index in [1.165, 1.54) is 16.5 Å². The van der Waals surface area contributed by atoms with Gasteiger partial charge in [-0.25, -0.2) is 0 Å². The number of hydrogen-bond donors (Lipinski definition) is 0. The number of nitrogens with zero attached hydrogens (tertiary/aromatic N) is 1. The van der Waals surface area contributed by atoms with Crippen LogP contribution in [0.5, 0.6) is 0 Å². The number of hydrogen-bond acceptors (Lipinski definition) is 1. The van der Waals surface area contributed by atoms with Gasteiger partial charge < -0.3 is 8.98 Å². The second kappa shape index (κ2) is 3.83. The monoisotopic (exact) mass is 275 g/mol. The lowest BCUT2D eigenvalue weighted by Gasteiger charge is -2.03. The average Bonchev–Trinajstić information content (AvgIpc) is 2.89. The molecule has 2 nitrogen and oxygen atoms in total. The molecule has 0 aliphatic carbocycles. The van der Waals surface area contributed by atoms with Gasteiger partial charge in [0.2, 0.25) is 0 Å². The number of aromatic nitrogens is 1. The molecule has 3 heteroatoms. The number of benzene rings is 1. The van der Waals surface area contributed by atoms with Crippen LogP contribution in [0, 0.1) is 0 Å². The summed E-state index contributed by atoms with van der Waals surface area (Å²) in [7, 11) is 0. The molecule has 80 valence electrons. The molecule has 0 aliphatic heterocycles. The minimum absolute atomic E-state index is 0.849. The van der Waals surface area contributed by atoms with Crippen molar-refractivity contribution in [1.82, 2.24) is 4.57 Å². The van der Waals surface area contributed by atoms with Gasteiger partial charge in [0.25, 0.3) is 0 Å². The van der Waals surface area contributed by atoms with E-state index in [1.54, 1.807) is 12.5 Å². The van der Waals surface area contributed by atoms with Crippen LogP contribution < -0.4 is 0 Å². The van der Waals surface area contributed by atoms with Crippen molar-refractivity contribution in [2.45, 2.75) is 6.54 Å². The minimum Gasteiger partial charge on any atom is -0.472 e. The third kappa shape index (κ3) is 1.67. The highest BCUT2D eigenvalue weighted by Crippen LogP contribution is 2.21. The van der Waals surface area contributed by atoms with Crippen LogP contribution in [0.4, 0.5) is 0 Å². The van der Waals surface area contributed by atoms with E-state index in [9.17, 15) is 0 Å². The van der Waals surface area contributed by atoms with Crippen molar-refractivity contribution in [2.24, 2.45) is 0 Å². The van der Waals surface area contributed by atoms with E-state index in [0.717, 1.165) is 11.0 Å². The highest BCUT2D eigenvalue weighted by Gasteiger charge is 2.02. The zero-order valence-corrected chi connectivity index (χ0v) is 10.1. The van der Waals surface area contributed by atoms with Crippen molar-refractivity contribution >= 4 is 26.8 Å². The first kappa shape index (κ1) is 9.73. The third-order valence-electron chi connectivity index (χ3n) is 2.67. The number of rotatable bonds is 2. The molecule has 0 saturated carbocycles. The van der Waals surface area contributed by atoms with Crippen LogP contribution in [0.3, 0.4) is 0 Å². The maximum atomic E-state index is 5.07. The van der Waals surface area contributed by atoms with E-state index >= 15 is 0 Å². The fourth-order valence-corrected chi connectivity index (χ4v) is 2.27. The van der Waals surface area contributed by atoms with Gasteiger partial charge in [0.1, 0.15) is 0 Å².